The third-order valence-corrected chi connectivity index (χ3v) is 4.49. The minimum atomic E-state index is -0.718. The molecule has 0 atom stereocenters. The predicted molar refractivity (Wildman–Crippen MR) is 127 cm³/mol. The number of aromatic nitrogens is 2. The summed E-state index contributed by atoms with van der Waals surface area (Å²) < 4.78 is 0. The standard InChI is InChI=1S/C13H14N6O.C9H10.C2H6/c1-7-4-8(2-3-17-7)12(15)9-6-18-11(5-10(9)14)19-13(16)20;1-2-4-8(5-3-1)9-6-7-9;1-2/h2-6,15H,1H3,(H5,14,16,18,19,20);1-5,9H,6-7H2;1-2H3. The predicted octanol–water partition coefficient (Wildman–Crippen LogP) is 4.86. The Bertz CT molecular complexity index is 1020. The van der Waals surface area contributed by atoms with Crippen molar-refractivity contribution < 1.29 is 4.79 Å². The van der Waals surface area contributed by atoms with Gasteiger partial charge in [-0.2, -0.15) is 0 Å². The van der Waals surface area contributed by atoms with Gasteiger partial charge < -0.3 is 11.5 Å². The van der Waals surface area contributed by atoms with E-state index in [1.807, 2.05) is 20.8 Å². The number of anilines is 2. The van der Waals surface area contributed by atoms with Crippen LogP contribution in [-0.2, 0) is 0 Å². The largest absolute Gasteiger partial charge is 0.398 e. The first-order valence-corrected chi connectivity index (χ1v) is 10.3. The van der Waals surface area contributed by atoms with Gasteiger partial charge in [0.15, 0.2) is 0 Å². The van der Waals surface area contributed by atoms with Gasteiger partial charge in [-0.3, -0.25) is 15.7 Å². The zero-order valence-corrected chi connectivity index (χ0v) is 18.2. The smallest absolute Gasteiger partial charge is 0.317 e. The molecule has 6 N–H and O–H groups in total. The molecule has 0 aliphatic heterocycles. The molecule has 0 saturated heterocycles. The zero-order valence-electron chi connectivity index (χ0n) is 18.2. The summed E-state index contributed by atoms with van der Waals surface area (Å²) in [5.74, 6) is 1.16. The Morgan fingerprint density at radius 3 is 2.32 bits per heavy atom. The number of nitrogens with one attached hydrogen (secondary N) is 2. The van der Waals surface area contributed by atoms with Crippen molar-refractivity contribution in [2.24, 2.45) is 5.73 Å². The first-order valence-electron chi connectivity index (χ1n) is 10.3. The van der Waals surface area contributed by atoms with Gasteiger partial charge in [-0.25, -0.2) is 9.78 Å². The van der Waals surface area contributed by atoms with Gasteiger partial charge in [-0.15, -0.1) is 0 Å². The van der Waals surface area contributed by atoms with E-state index in [-0.39, 0.29) is 11.5 Å². The van der Waals surface area contributed by atoms with Crippen LogP contribution in [0, 0.1) is 12.3 Å². The number of aryl methyl sites for hydroxylation is 1. The monoisotopic (exact) mass is 418 g/mol. The number of carbonyl (C=O) groups excluding carboxylic acids is 1. The molecular formula is C24H30N6O. The van der Waals surface area contributed by atoms with E-state index < -0.39 is 6.03 Å². The van der Waals surface area contributed by atoms with Crippen molar-refractivity contribution in [1.29, 1.82) is 5.41 Å². The van der Waals surface area contributed by atoms with Crippen molar-refractivity contribution >= 4 is 23.2 Å². The summed E-state index contributed by atoms with van der Waals surface area (Å²) in [5.41, 5.74) is 15.0. The molecule has 2 amide bonds. The van der Waals surface area contributed by atoms with E-state index in [2.05, 4.69) is 45.6 Å². The summed E-state index contributed by atoms with van der Waals surface area (Å²) in [6.45, 7) is 5.85. The lowest BCUT2D eigenvalue weighted by molar-refractivity contribution is 0.259. The Morgan fingerprint density at radius 2 is 1.77 bits per heavy atom. The van der Waals surface area contributed by atoms with Crippen LogP contribution < -0.4 is 16.8 Å². The maximum Gasteiger partial charge on any atom is 0.317 e. The van der Waals surface area contributed by atoms with Crippen LogP contribution in [0.5, 0.6) is 0 Å². The van der Waals surface area contributed by atoms with Crippen LogP contribution in [0.25, 0.3) is 0 Å². The number of nitrogens with two attached hydrogens (primary N) is 2. The van der Waals surface area contributed by atoms with E-state index in [0.717, 1.165) is 11.6 Å². The quantitative estimate of drug-likeness (QED) is 0.450. The molecule has 0 bridgehead atoms. The summed E-state index contributed by atoms with van der Waals surface area (Å²) in [4.78, 5) is 18.8. The fourth-order valence-electron chi connectivity index (χ4n) is 2.87. The van der Waals surface area contributed by atoms with Gasteiger partial charge >= 0.3 is 6.03 Å². The molecule has 3 aromatic rings. The lowest BCUT2D eigenvalue weighted by atomic mass is 10.0. The molecule has 1 fully saturated rings. The Balaban J connectivity index is 0.000000256. The fourth-order valence-corrected chi connectivity index (χ4v) is 2.87. The minimum absolute atomic E-state index is 0.242. The molecule has 31 heavy (non-hydrogen) atoms. The van der Waals surface area contributed by atoms with E-state index in [1.54, 1.807) is 18.3 Å². The van der Waals surface area contributed by atoms with Crippen LogP contribution in [0.3, 0.4) is 0 Å². The Kier molecular flexibility index (Phi) is 8.69. The molecule has 2 heterocycles. The maximum atomic E-state index is 10.7. The Hall–Kier alpha value is -3.74. The topological polar surface area (TPSA) is 131 Å². The first kappa shape index (κ1) is 23.5. The number of pyridine rings is 2. The number of hydrogen-bond donors (Lipinski definition) is 4. The highest BCUT2D eigenvalue weighted by molar-refractivity contribution is 6.13. The number of primary amides is 1. The van der Waals surface area contributed by atoms with Crippen molar-refractivity contribution in [1.82, 2.24) is 9.97 Å². The molecule has 0 radical (unpaired) electrons. The average Bonchev–Trinajstić information content (AvgIpc) is 3.61. The van der Waals surface area contributed by atoms with Gasteiger partial charge in [0.05, 0.1) is 5.71 Å². The number of carbonyl (C=O) groups is 1. The van der Waals surface area contributed by atoms with Crippen molar-refractivity contribution in [3.8, 4) is 0 Å². The number of rotatable bonds is 4. The summed E-state index contributed by atoms with van der Waals surface area (Å²) >= 11 is 0. The number of urea groups is 1. The van der Waals surface area contributed by atoms with E-state index in [9.17, 15) is 4.79 Å². The molecule has 1 aliphatic rings. The molecule has 0 unspecified atom stereocenters. The molecule has 7 nitrogen and oxygen atoms in total. The highest BCUT2D eigenvalue weighted by atomic mass is 16.2. The summed E-state index contributed by atoms with van der Waals surface area (Å²) in [5, 5.41) is 10.5. The molecule has 0 spiro atoms. The van der Waals surface area contributed by atoms with Crippen LogP contribution in [0.2, 0.25) is 0 Å². The van der Waals surface area contributed by atoms with Crippen molar-refractivity contribution in [3.63, 3.8) is 0 Å². The van der Waals surface area contributed by atoms with Gasteiger partial charge in [-0.1, -0.05) is 44.2 Å². The normalized spacial score (nSPS) is 11.8. The van der Waals surface area contributed by atoms with Gasteiger partial charge in [0.2, 0.25) is 0 Å². The van der Waals surface area contributed by atoms with Crippen molar-refractivity contribution in [3.05, 3.63) is 83.3 Å². The second-order valence-corrected chi connectivity index (χ2v) is 6.89. The SMILES string of the molecule is CC.Cc1cc(C(=N)c2cnc(NC(N)=O)cc2N)ccn1.c1ccc(C2CC2)cc1. The van der Waals surface area contributed by atoms with E-state index in [4.69, 9.17) is 16.9 Å². The van der Waals surface area contributed by atoms with Gasteiger partial charge in [0, 0.05) is 41.0 Å². The van der Waals surface area contributed by atoms with E-state index in [1.165, 1.54) is 30.7 Å². The second-order valence-electron chi connectivity index (χ2n) is 6.89. The van der Waals surface area contributed by atoms with Gasteiger partial charge in [0.25, 0.3) is 0 Å². The summed E-state index contributed by atoms with van der Waals surface area (Å²) in [6.07, 6.45) is 5.87. The fraction of sp³-hybridized carbons (Fsp3) is 0.250. The lowest BCUT2D eigenvalue weighted by Crippen LogP contribution is -2.20. The molecule has 4 rings (SSSR count). The first-order chi connectivity index (χ1) is 14.9. The molecule has 1 aliphatic carbocycles. The second kappa shape index (κ2) is 11.4. The van der Waals surface area contributed by atoms with Crippen molar-refractivity contribution in [2.45, 2.75) is 39.5 Å². The van der Waals surface area contributed by atoms with Gasteiger partial charge in [-0.05, 0) is 43.4 Å². The van der Waals surface area contributed by atoms with E-state index in [0.29, 0.717) is 16.8 Å². The van der Waals surface area contributed by atoms with Crippen molar-refractivity contribution in [2.75, 3.05) is 11.1 Å². The lowest BCUT2D eigenvalue weighted by Gasteiger charge is -2.09. The maximum absolute atomic E-state index is 10.7. The average molecular weight is 419 g/mol. The third-order valence-electron chi connectivity index (χ3n) is 4.49. The summed E-state index contributed by atoms with van der Waals surface area (Å²) in [6, 6.07) is 15.0. The molecule has 162 valence electrons. The third kappa shape index (κ3) is 7.22. The zero-order chi connectivity index (χ0) is 22.8. The molecule has 1 aromatic carbocycles. The molecule has 1 saturated carbocycles. The molecule has 2 aromatic heterocycles. The summed E-state index contributed by atoms with van der Waals surface area (Å²) in [7, 11) is 0. The number of nitrogens with zero attached hydrogens (tertiary/aromatic N) is 2. The van der Waals surface area contributed by atoms with Crippen LogP contribution >= 0.6 is 0 Å². The highest BCUT2D eigenvalue weighted by Gasteiger charge is 2.22. The minimum Gasteiger partial charge on any atom is -0.398 e. The van der Waals surface area contributed by atoms with Gasteiger partial charge in [0.1, 0.15) is 5.82 Å². The van der Waals surface area contributed by atoms with Crippen LogP contribution in [0.1, 0.15) is 55.0 Å². The molecule has 7 heteroatoms. The van der Waals surface area contributed by atoms with Crippen LogP contribution in [-0.4, -0.2) is 21.7 Å². The number of amides is 2. The molecular weight excluding hydrogens is 388 g/mol. The Morgan fingerprint density at radius 1 is 1.10 bits per heavy atom. The van der Waals surface area contributed by atoms with Crippen LogP contribution in [0.4, 0.5) is 16.3 Å². The number of hydrogen-bond acceptors (Lipinski definition) is 5. The Labute approximate surface area is 183 Å². The van der Waals surface area contributed by atoms with Crippen LogP contribution in [0.15, 0.2) is 60.9 Å². The number of benzene rings is 1. The highest BCUT2D eigenvalue weighted by Crippen LogP contribution is 2.39. The number of nitrogen functional groups attached to an aromatic ring is 1. The van der Waals surface area contributed by atoms with E-state index >= 15 is 0 Å².